The minimum atomic E-state index is -3.04. The van der Waals surface area contributed by atoms with Crippen LogP contribution in [-0.2, 0) is 10.0 Å². The molecule has 0 aliphatic carbocycles. The molecular weight excluding hydrogens is 336 g/mol. The normalized spacial score (nSPS) is 18.4. The largest absolute Gasteiger partial charge is 0.356 e. The first-order chi connectivity index (χ1) is 11.7. The van der Waals surface area contributed by atoms with Gasteiger partial charge in [0.25, 0.3) is 0 Å². The summed E-state index contributed by atoms with van der Waals surface area (Å²) >= 11 is 0. The van der Waals surface area contributed by atoms with Gasteiger partial charge >= 0.3 is 0 Å². The van der Waals surface area contributed by atoms with Crippen molar-refractivity contribution in [2.24, 2.45) is 16.3 Å². The second-order valence-electron chi connectivity index (χ2n) is 8.03. The summed E-state index contributed by atoms with van der Waals surface area (Å²) in [5.41, 5.74) is 0.258. The molecule has 0 aromatic rings. The van der Waals surface area contributed by atoms with E-state index in [2.05, 4.69) is 36.4 Å². The highest BCUT2D eigenvalue weighted by Crippen LogP contribution is 2.22. The summed E-state index contributed by atoms with van der Waals surface area (Å²) in [6.07, 6.45) is 8.14. The maximum atomic E-state index is 11.6. The summed E-state index contributed by atoms with van der Waals surface area (Å²) in [5.74, 6) is 1.34. The molecule has 148 valence electrons. The highest BCUT2D eigenvalue weighted by molar-refractivity contribution is 7.88. The van der Waals surface area contributed by atoms with E-state index in [9.17, 15) is 8.42 Å². The van der Waals surface area contributed by atoms with Crippen LogP contribution in [0.1, 0.15) is 59.3 Å². The molecular formula is C18H38N4O2S. The van der Waals surface area contributed by atoms with Crippen molar-refractivity contribution in [3.63, 3.8) is 0 Å². The lowest BCUT2D eigenvalue weighted by Crippen LogP contribution is -2.45. The van der Waals surface area contributed by atoms with Crippen molar-refractivity contribution in [1.82, 2.24) is 14.9 Å². The molecule has 0 aromatic carbocycles. The highest BCUT2D eigenvalue weighted by Gasteiger charge is 2.25. The minimum Gasteiger partial charge on any atom is -0.356 e. The molecule has 1 saturated heterocycles. The molecule has 1 fully saturated rings. The molecule has 0 radical (unpaired) electrons. The number of hydrogen-bond donors (Lipinski definition) is 2. The van der Waals surface area contributed by atoms with E-state index in [1.165, 1.54) is 31.9 Å². The van der Waals surface area contributed by atoms with E-state index in [0.29, 0.717) is 19.0 Å². The van der Waals surface area contributed by atoms with Crippen LogP contribution in [0.3, 0.4) is 0 Å². The Kier molecular flexibility index (Phi) is 9.21. The molecule has 25 heavy (non-hydrogen) atoms. The molecule has 6 nitrogen and oxygen atoms in total. The van der Waals surface area contributed by atoms with Crippen molar-refractivity contribution in [3.05, 3.63) is 0 Å². The Balaban J connectivity index is 2.31. The quantitative estimate of drug-likeness (QED) is 0.369. The van der Waals surface area contributed by atoms with Crippen LogP contribution in [-0.4, -0.2) is 58.2 Å². The van der Waals surface area contributed by atoms with Crippen LogP contribution in [0.5, 0.6) is 0 Å². The van der Waals surface area contributed by atoms with Gasteiger partial charge in [-0.05, 0) is 30.6 Å². The lowest BCUT2D eigenvalue weighted by atomic mass is 9.87. The Morgan fingerprint density at radius 2 is 1.84 bits per heavy atom. The fourth-order valence-corrected chi connectivity index (χ4v) is 4.05. The van der Waals surface area contributed by atoms with Gasteiger partial charge in [0.1, 0.15) is 0 Å². The monoisotopic (exact) mass is 374 g/mol. The van der Waals surface area contributed by atoms with Gasteiger partial charge in [-0.1, -0.05) is 40.0 Å². The summed E-state index contributed by atoms with van der Waals surface area (Å²) in [4.78, 5) is 4.31. The third-order valence-electron chi connectivity index (χ3n) is 5.02. The van der Waals surface area contributed by atoms with E-state index in [1.54, 1.807) is 11.4 Å². The molecule has 1 rings (SSSR count). The van der Waals surface area contributed by atoms with E-state index in [-0.39, 0.29) is 5.41 Å². The Labute approximate surface area is 154 Å². The van der Waals surface area contributed by atoms with Gasteiger partial charge in [0, 0.05) is 33.2 Å². The third kappa shape index (κ3) is 8.90. The summed E-state index contributed by atoms with van der Waals surface area (Å²) in [6.45, 7) is 9.82. The fraction of sp³-hybridized carbons (Fsp3) is 0.944. The zero-order valence-corrected chi connectivity index (χ0v) is 17.6. The second-order valence-corrected chi connectivity index (χ2v) is 10.0. The van der Waals surface area contributed by atoms with Crippen LogP contribution in [0.15, 0.2) is 4.99 Å². The van der Waals surface area contributed by atoms with Crippen molar-refractivity contribution in [3.8, 4) is 0 Å². The molecule has 2 N–H and O–H groups in total. The molecule has 0 saturated carbocycles. The molecule has 0 aromatic heterocycles. The van der Waals surface area contributed by atoms with Crippen LogP contribution in [0.4, 0.5) is 0 Å². The number of rotatable bonds is 9. The van der Waals surface area contributed by atoms with Crippen molar-refractivity contribution >= 4 is 16.0 Å². The Hall–Kier alpha value is -0.820. The van der Waals surface area contributed by atoms with E-state index in [0.717, 1.165) is 31.9 Å². The molecule has 1 heterocycles. The van der Waals surface area contributed by atoms with Crippen LogP contribution in [0, 0.1) is 11.3 Å². The topological polar surface area (TPSA) is 73.8 Å². The van der Waals surface area contributed by atoms with Crippen molar-refractivity contribution in [2.75, 3.05) is 39.5 Å². The number of aliphatic imine (C=N–C) groups is 1. The molecule has 0 spiro atoms. The van der Waals surface area contributed by atoms with Gasteiger partial charge in [-0.3, -0.25) is 4.99 Å². The molecule has 1 aliphatic rings. The number of sulfonamides is 1. The first-order valence-electron chi connectivity index (χ1n) is 9.57. The predicted molar refractivity (Wildman–Crippen MR) is 106 cm³/mol. The predicted octanol–water partition coefficient (Wildman–Crippen LogP) is 2.43. The fourth-order valence-electron chi connectivity index (χ4n) is 3.17. The first kappa shape index (κ1) is 22.2. The average Bonchev–Trinajstić information content (AvgIpc) is 2.54. The Morgan fingerprint density at radius 1 is 1.20 bits per heavy atom. The van der Waals surface area contributed by atoms with Gasteiger partial charge in [-0.15, -0.1) is 0 Å². The van der Waals surface area contributed by atoms with Crippen molar-refractivity contribution < 1.29 is 8.42 Å². The highest BCUT2D eigenvalue weighted by atomic mass is 32.2. The van der Waals surface area contributed by atoms with Crippen LogP contribution >= 0.6 is 0 Å². The summed E-state index contributed by atoms with van der Waals surface area (Å²) in [7, 11) is -1.25. The molecule has 0 unspecified atom stereocenters. The molecule has 1 aliphatic heterocycles. The third-order valence-corrected chi connectivity index (χ3v) is 6.32. The molecule has 0 bridgehead atoms. The lowest BCUT2D eigenvalue weighted by molar-refractivity contribution is 0.274. The van der Waals surface area contributed by atoms with E-state index in [1.807, 2.05) is 0 Å². The maximum Gasteiger partial charge on any atom is 0.211 e. The Morgan fingerprint density at radius 3 is 2.36 bits per heavy atom. The van der Waals surface area contributed by atoms with Gasteiger partial charge in [0.05, 0.1) is 6.26 Å². The number of piperidine rings is 1. The SMILES string of the molecule is CCCCCC(C)(C)CNC(=NC)NCC1CCN(S(C)(=O)=O)CC1. The van der Waals surface area contributed by atoms with Gasteiger partial charge in [-0.2, -0.15) is 0 Å². The standard InChI is InChI=1S/C18H38N4O2S/c1-6-7-8-11-18(2,3)15-21-17(19-4)20-14-16-9-12-22(13-10-16)25(5,23)24/h16H,6-15H2,1-5H3,(H2,19,20,21). The Bertz CT molecular complexity index is 509. The average molecular weight is 375 g/mol. The summed E-state index contributed by atoms with van der Waals surface area (Å²) in [5, 5.41) is 6.85. The van der Waals surface area contributed by atoms with E-state index < -0.39 is 10.0 Å². The van der Waals surface area contributed by atoms with E-state index in [4.69, 9.17) is 0 Å². The molecule has 0 amide bonds. The van der Waals surface area contributed by atoms with Crippen LogP contribution in [0.25, 0.3) is 0 Å². The summed E-state index contributed by atoms with van der Waals surface area (Å²) in [6, 6.07) is 0. The molecule has 0 atom stereocenters. The van der Waals surface area contributed by atoms with Crippen molar-refractivity contribution in [1.29, 1.82) is 0 Å². The number of nitrogens with one attached hydrogen (secondary N) is 2. The van der Waals surface area contributed by atoms with Gasteiger partial charge in [-0.25, -0.2) is 12.7 Å². The lowest BCUT2D eigenvalue weighted by Gasteiger charge is -2.31. The smallest absolute Gasteiger partial charge is 0.211 e. The van der Waals surface area contributed by atoms with Crippen LogP contribution < -0.4 is 10.6 Å². The number of hydrogen-bond acceptors (Lipinski definition) is 3. The number of guanidine groups is 1. The van der Waals surface area contributed by atoms with E-state index >= 15 is 0 Å². The zero-order chi connectivity index (χ0) is 18.9. The maximum absolute atomic E-state index is 11.6. The minimum absolute atomic E-state index is 0.258. The second kappa shape index (κ2) is 10.4. The van der Waals surface area contributed by atoms with Gasteiger partial charge < -0.3 is 10.6 Å². The number of unbranched alkanes of at least 4 members (excludes halogenated alkanes) is 2. The van der Waals surface area contributed by atoms with Crippen LogP contribution in [0.2, 0.25) is 0 Å². The van der Waals surface area contributed by atoms with Crippen molar-refractivity contribution in [2.45, 2.75) is 59.3 Å². The number of nitrogens with zero attached hydrogens (tertiary/aromatic N) is 2. The molecule has 7 heteroatoms. The van der Waals surface area contributed by atoms with Gasteiger partial charge in [0.2, 0.25) is 10.0 Å². The van der Waals surface area contributed by atoms with Gasteiger partial charge in [0.15, 0.2) is 5.96 Å². The zero-order valence-electron chi connectivity index (χ0n) is 16.8. The summed E-state index contributed by atoms with van der Waals surface area (Å²) < 4.78 is 24.7. The first-order valence-corrected chi connectivity index (χ1v) is 11.4.